The fraction of sp³-hybridized carbons (Fsp3) is 0.600. The molecule has 1 unspecified atom stereocenters. The van der Waals surface area contributed by atoms with Crippen molar-refractivity contribution >= 4 is 5.69 Å². The second-order valence-corrected chi connectivity index (χ2v) is 5.39. The molecule has 0 radical (unpaired) electrons. The summed E-state index contributed by atoms with van der Waals surface area (Å²) in [7, 11) is 3.81. The summed E-state index contributed by atoms with van der Waals surface area (Å²) >= 11 is 0. The van der Waals surface area contributed by atoms with Gasteiger partial charge in [-0.25, -0.2) is 0 Å². The zero-order valence-corrected chi connectivity index (χ0v) is 11.9. The molecule has 2 rings (SSSR count). The monoisotopic (exact) mass is 264 g/mol. The van der Waals surface area contributed by atoms with Crippen LogP contribution in [0.25, 0.3) is 0 Å². The number of hydrogen-bond acceptors (Lipinski definition) is 4. The van der Waals surface area contributed by atoms with Crippen molar-refractivity contribution < 1.29 is 9.47 Å². The number of methoxy groups -OCH3 is 1. The molecule has 4 nitrogen and oxygen atoms in total. The molecule has 19 heavy (non-hydrogen) atoms. The van der Waals surface area contributed by atoms with Crippen LogP contribution in [0, 0.1) is 5.92 Å². The first-order valence-electron chi connectivity index (χ1n) is 6.87. The number of nitrogens with two attached hydrogens (primary N) is 1. The molecule has 1 heterocycles. The number of nitrogen functional groups attached to an aromatic ring is 1. The van der Waals surface area contributed by atoms with Gasteiger partial charge in [0.15, 0.2) is 0 Å². The molecule has 106 valence electrons. The Balaban J connectivity index is 1.90. The molecule has 1 aliphatic rings. The maximum atomic E-state index is 5.88. The lowest BCUT2D eigenvalue weighted by molar-refractivity contribution is 0.0411. The van der Waals surface area contributed by atoms with Crippen molar-refractivity contribution in [2.24, 2.45) is 5.92 Å². The van der Waals surface area contributed by atoms with Gasteiger partial charge in [-0.3, -0.25) is 0 Å². The highest BCUT2D eigenvalue weighted by Crippen LogP contribution is 2.20. The smallest absolute Gasteiger partial charge is 0.121 e. The molecule has 1 aromatic rings. The first kappa shape index (κ1) is 14.2. The van der Waals surface area contributed by atoms with Crippen LogP contribution in [-0.2, 0) is 11.3 Å². The van der Waals surface area contributed by atoms with Gasteiger partial charge < -0.3 is 20.1 Å². The topological polar surface area (TPSA) is 47.7 Å². The maximum absolute atomic E-state index is 5.88. The predicted molar refractivity (Wildman–Crippen MR) is 77.3 cm³/mol. The van der Waals surface area contributed by atoms with Crippen molar-refractivity contribution in [2.75, 3.05) is 39.6 Å². The van der Waals surface area contributed by atoms with E-state index in [4.69, 9.17) is 15.2 Å². The van der Waals surface area contributed by atoms with Gasteiger partial charge >= 0.3 is 0 Å². The number of anilines is 1. The van der Waals surface area contributed by atoms with Gasteiger partial charge in [0.25, 0.3) is 0 Å². The van der Waals surface area contributed by atoms with Crippen LogP contribution in [0.2, 0.25) is 0 Å². The van der Waals surface area contributed by atoms with Gasteiger partial charge in [-0.1, -0.05) is 0 Å². The average Bonchev–Trinajstić information content (AvgIpc) is 2.38. The van der Waals surface area contributed by atoms with Gasteiger partial charge in [0.2, 0.25) is 0 Å². The van der Waals surface area contributed by atoms with Crippen molar-refractivity contribution in [2.45, 2.75) is 19.4 Å². The highest BCUT2D eigenvalue weighted by atomic mass is 16.5. The lowest BCUT2D eigenvalue weighted by Crippen LogP contribution is -2.30. The fourth-order valence-corrected chi connectivity index (χ4v) is 2.66. The molecule has 1 fully saturated rings. The van der Waals surface area contributed by atoms with Crippen LogP contribution in [0.15, 0.2) is 18.2 Å². The van der Waals surface area contributed by atoms with Gasteiger partial charge in [0.05, 0.1) is 13.7 Å². The molecular weight excluding hydrogens is 240 g/mol. The molecule has 0 aromatic heterocycles. The minimum absolute atomic E-state index is 0.654. The largest absolute Gasteiger partial charge is 0.497 e. The molecule has 0 amide bonds. The van der Waals surface area contributed by atoms with Crippen LogP contribution in [0.4, 0.5) is 5.69 Å². The molecule has 1 aliphatic heterocycles. The van der Waals surface area contributed by atoms with E-state index in [-0.39, 0.29) is 0 Å². The Hall–Kier alpha value is -1.26. The molecule has 2 N–H and O–H groups in total. The molecule has 4 heteroatoms. The second-order valence-electron chi connectivity index (χ2n) is 5.39. The summed E-state index contributed by atoms with van der Waals surface area (Å²) in [5.41, 5.74) is 7.82. The normalized spacial score (nSPS) is 19.6. The third-order valence-corrected chi connectivity index (χ3v) is 3.50. The summed E-state index contributed by atoms with van der Waals surface area (Å²) in [6.07, 6.45) is 2.45. The van der Waals surface area contributed by atoms with E-state index < -0.39 is 0 Å². The summed E-state index contributed by atoms with van der Waals surface area (Å²) in [6, 6.07) is 5.90. The van der Waals surface area contributed by atoms with Crippen molar-refractivity contribution in [3.63, 3.8) is 0 Å². The van der Waals surface area contributed by atoms with E-state index in [0.717, 1.165) is 37.7 Å². The third-order valence-electron chi connectivity index (χ3n) is 3.50. The zero-order chi connectivity index (χ0) is 13.7. The predicted octanol–water partition coefficient (Wildman–Crippen LogP) is 2.14. The van der Waals surface area contributed by atoms with Gasteiger partial charge in [0.1, 0.15) is 5.75 Å². The minimum Gasteiger partial charge on any atom is -0.497 e. The summed E-state index contributed by atoms with van der Waals surface area (Å²) in [5.74, 6) is 1.48. The molecule has 1 aromatic carbocycles. The van der Waals surface area contributed by atoms with Crippen LogP contribution in [0.3, 0.4) is 0 Å². The first-order valence-corrected chi connectivity index (χ1v) is 6.87. The Morgan fingerprint density at radius 3 is 2.95 bits per heavy atom. The van der Waals surface area contributed by atoms with Crippen LogP contribution in [0.1, 0.15) is 18.4 Å². The number of ether oxygens (including phenoxy) is 2. The Labute approximate surface area is 115 Å². The van der Waals surface area contributed by atoms with Gasteiger partial charge in [0, 0.05) is 31.5 Å². The van der Waals surface area contributed by atoms with Gasteiger partial charge in [-0.15, -0.1) is 0 Å². The summed E-state index contributed by atoms with van der Waals surface area (Å²) in [5, 5.41) is 0. The van der Waals surface area contributed by atoms with Crippen molar-refractivity contribution in [1.29, 1.82) is 0 Å². The lowest BCUT2D eigenvalue weighted by Gasteiger charge is -2.27. The standard InChI is InChI=1S/C15H24N2O2/c1-17(9-12-4-3-5-19-11-12)10-13-6-14(16)8-15(7-13)18-2/h6-8,12H,3-5,9-11,16H2,1-2H3. The molecule has 0 spiro atoms. The highest BCUT2D eigenvalue weighted by Gasteiger charge is 2.16. The van der Waals surface area contributed by atoms with Crippen molar-refractivity contribution in [3.8, 4) is 5.75 Å². The van der Waals surface area contributed by atoms with E-state index in [0.29, 0.717) is 5.92 Å². The molecule has 0 bridgehead atoms. The van der Waals surface area contributed by atoms with Gasteiger partial charge in [-0.2, -0.15) is 0 Å². The van der Waals surface area contributed by atoms with Crippen LogP contribution in [0.5, 0.6) is 5.75 Å². The quantitative estimate of drug-likeness (QED) is 0.828. The Bertz CT molecular complexity index is 403. The average molecular weight is 264 g/mol. The zero-order valence-electron chi connectivity index (χ0n) is 11.9. The minimum atomic E-state index is 0.654. The number of benzene rings is 1. The van der Waals surface area contributed by atoms with Crippen molar-refractivity contribution in [3.05, 3.63) is 23.8 Å². The van der Waals surface area contributed by atoms with Crippen LogP contribution < -0.4 is 10.5 Å². The van der Waals surface area contributed by atoms with E-state index in [9.17, 15) is 0 Å². The summed E-state index contributed by atoms with van der Waals surface area (Å²) in [4.78, 5) is 2.33. The number of hydrogen-bond donors (Lipinski definition) is 1. The van der Waals surface area contributed by atoms with Crippen molar-refractivity contribution in [1.82, 2.24) is 4.90 Å². The molecule has 1 atom stereocenters. The van der Waals surface area contributed by atoms with Gasteiger partial charge in [-0.05, 0) is 43.5 Å². The Morgan fingerprint density at radius 1 is 1.42 bits per heavy atom. The van der Waals surface area contributed by atoms with Crippen LogP contribution >= 0.6 is 0 Å². The molecule has 1 saturated heterocycles. The first-order chi connectivity index (χ1) is 9.17. The van der Waals surface area contributed by atoms with E-state index in [1.807, 2.05) is 18.2 Å². The fourth-order valence-electron chi connectivity index (χ4n) is 2.66. The second kappa shape index (κ2) is 6.78. The number of nitrogens with zero attached hydrogens (tertiary/aromatic N) is 1. The number of rotatable bonds is 5. The Morgan fingerprint density at radius 2 is 2.26 bits per heavy atom. The maximum Gasteiger partial charge on any atom is 0.121 e. The summed E-state index contributed by atoms with van der Waals surface area (Å²) < 4.78 is 10.8. The van der Waals surface area contributed by atoms with E-state index >= 15 is 0 Å². The van der Waals surface area contributed by atoms with E-state index in [1.54, 1.807) is 7.11 Å². The molecule has 0 saturated carbocycles. The van der Waals surface area contributed by atoms with E-state index in [1.165, 1.54) is 18.4 Å². The molecule has 0 aliphatic carbocycles. The lowest BCUT2D eigenvalue weighted by atomic mass is 10.0. The van der Waals surface area contributed by atoms with Crippen LogP contribution in [-0.4, -0.2) is 38.8 Å². The third kappa shape index (κ3) is 4.40. The molecular formula is C15H24N2O2. The highest BCUT2D eigenvalue weighted by molar-refractivity contribution is 5.47. The summed E-state index contributed by atoms with van der Waals surface area (Å²) in [6.45, 7) is 3.77. The van der Waals surface area contributed by atoms with E-state index in [2.05, 4.69) is 11.9 Å². The Kier molecular flexibility index (Phi) is 5.05. The SMILES string of the molecule is COc1cc(N)cc(CN(C)CC2CCCOC2)c1.